The molecule has 0 atom stereocenters. The van der Waals surface area contributed by atoms with Crippen molar-refractivity contribution < 1.29 is 9.47 Å². The molecule has 0 fully saturated rings. The lowest BCUT2D eigenvalue weighted by atomic mass is 10.1. The summed E-state index contributed by atoms with van der Waals surface area (Å²) in [5.41, 5.74) is 4.89. The second-order valence-corrected chi connectivity index (χ2v) is 6.53. The van der Waals surface area contributed by atoms with Gasteiger partial charge in [-0.1, -0.05) is 17.7 Å². The standard InChI is InChI=1S/C22H23ClN2O2/c1-4-26-22-7-5-6-19(24-3)18(22)14-27-21-9-8-16(12-15(21)2)20-13-17(23)10-11-25-20/h5-13,24H,4,14H2,1-3H3. The Morgan fingerprint density at radius 2 is 1.89 bits per heavy atom. The highest BCUT2D eigenvalue weighted by Gasteiger charge is 2.11. The van der Waals surface area contributed by atoms with Crippen molar-refractivity contribution in [3.8, 4) is 22.8 Å². The summed E-state index contributed by atoms with van der Waals surface area (Å²) < 4.78 is 11.8. The molecule has 0 spiro atoms. The van der Waals surface area contributed by atoms with Gasteiger partial charge < -0.3 is 14.8 Å². The van der Waals surface area contributed by atoms with E-state index in [1.807, 2.05) is 57.3 Å². The highest BCUT2D eigenvalue weighted by Crippen LogP contribution is 2.30. The normalized spacial score (nSPS) is 10.5. The van der Waals surface area contributed by atoms with E-state index >= 15 is 0 Å². The fraction of sp³-hybridized carbons (Fsp3) is 0.227. The Kier molecular flexibility index (Phi) is 6.20. The molecular formula is C22H23ClN2O2. The van der Waals surface area contributed by atoms with E-state index in [0.29, 0.717) is 18.2 Å². The van der Waals surface area contributed by atoms with Gasteiger partial charge in [0.25, 0.3) is 0 Å². The summed E-state index contributed by atoms with van der Waals surface area (Å²) >= 11 is 6.07. The molecule has 5 heteroatoms. The number of pyridine rings is 1. The predicted molar refractivity (Wildman–Crippen MR) is 111 cm³/mol. The Bertz CT molecular complexity index is 928. The minimum Gasteiger partial charge on any atom is -0.493 e. The van der Waals surface area contributed by atoms with Gasteiger partial charge in [-0.3, -0.25) is 4.98 Å². The lowest BCUT2D eigenvalue weighted by Crippen LogP contribution is -2.05. The Labute approximate surface area is 165 Å². The van der Waals surface area contributed by atoms with Crippen LogP contribution in [0.4, 0.5) is 5.69 Å². The van der Waals surface area contributed by atoms with Crippen LogP contribution in [-0.2, 0) is 6.61 Å². The molecule has 0 unspecified atom stereocenters. The summed E-state index contributed by atoms with van der Waals surface area (Å²) in [7, 11) is 1.90. The van der Waals surface area contributed by atoms with E-state index < -0.39 is 0 Å². The molecule has 1 heterocycles. The predicted octanol–water partition coefficient (Wildman–Crippen LogP) is 5.73. The van der Waals surface area contributed by atoms with Crippen molar-refractivity contribution in [1.82, 2.24) is 4.98 Å². The molecule has 4 nitrogen and oxygen atoms in total. The third kappa shape index (κ3) is 4.52. The molecule has 3 aromatic rings. The van der Waals surface area contributed by atoms with Crippen LogP contribution in [0, 0.1) is 6.92 Å². The van der Waals surface area contributed by atoms with Crippen molar-refractivity contribution in [3.63, 3.8) is 0 Å². The fourth-order valence-electron chi connectivity index (χ4n) is 2.92. The number of nitrogens with one attached hydrogen (secondary N) is 1. The third-order valence-electron chi connectivity index (χ3n) is 4.27. The van der Waals surface area contributed by atoms with E-state index in [-0.39, 0.29) is 0 Å². The summed E-state index contributed by atoms with van der Waals surface area (Å²) in [5.74, 6) is 1.66. The smallest absolute Gasteiger partial charge is 0.127 e. The first kappa shape index (κ1) is 19.1. The van der Waals surface area contributed by atoms with Gasteiger partial charge in [0.15, 0.2) is 0 Å². The number of hydrogen-bond donors (Lipinski definition) is 1. The largest absolute Gasteiger partial charge is 0.493 e. The van der Waals surface area contributed by atoms with Gasteiger partial charge in [0.1, 0.15) is 18.1 Å². The zero-order valence-electron chi connectivity index (χ0n) is 15.8. The number of rotatable bonds is 7. The SMILES string of the molecule is CCOc1cccc(NC)c1COc1ccc(-c2cc(Cl)ccn2)cc1C. The second-order valence-electron chi connectivity index (χ2n) is 6.09. The van der Waals surface area contributed by atoms with E-state index in [0.717, 1.165) is 39.6 Å². The summed E-state index contributed by atoms with van der Waals surface area (Å²) in [6.07, 6.45) is 1.71. The van der Waals surface area contributed by atoms with Crippen molar-refractivity contribution in [3.05, 3.63) is 70.9 Å². The Hall–Kier alpha value is -2.72. The van der Waals surface area contributed by atoms with Gasteiger partial charge in [0.2, 0.25) is 0 Å². The van der Waals surface area contributed by atoms with Gasteiger partial charge in [-0.25, -0.2) is 0 Å². The van der Waals surface area contributed by atoms with Crippen molar-refractivity contribution >= 4 is 17.3 Å². The summed E-state index contributed by atoms with van der Waals surface area (Å²) in [6.45, 7) is 5.03. The first-order chi connectivity index (χ1) is 13.1. The van der Waals surface area contributed by atoms with Crippen LogP contribution in [-0.4, -0.2) is 18.6 Å². The number of aromatic nitrogens is 1. The number of hydrogen-bond acceptors (Lipinski definition) is 4. The number of benzene rings is 2. The zero-order chi connectivity index (χ0) is 19.2. The van der Waals surface area contributed by atoms with Crippen LogP contribution in [0.3, 0.4) is 0 Å². The maximum absolute atomic E-state index is 6.10. The maximum Gasteiger partial charge on any atom is 0.127 e. The monoisotopic (exact) mass is 382 g/mol. The van der Waals surface area contributed by atoms with Crippen molar-refractivity contribution in [1.29, 1.82) is 0 Å². The number of aryl methyl sites for hydroxylation is 1. The molecule has 0 aliphatic heterocycles. The van der Waals surface area contributed by atoms with Crippen LogP contribution in [0.2, 0.25) is 5.02 Å². The second kappa shape index (κ2) is 8.78. The van der Waals surface area contributed by atoms with Gasteiger partial charge in [0, 0.05) is 29.5 Å². The molecule has 1 N–H and O–H groups in total. The Morgan fingerprint density at radius 3 is 2.59 bits per heavy atom. The molecule has 27 heavy (non-hydrogen) atoms. The Morgan fingerprint density at radius 1 is 1.04 bits per heavy atom. The molecule has 0 radical (unpaired) electrons. The van der Waals surface area contributed by atoms with Crippen LogP contribution in [0.15, 0.2) is 54.7 Å². The summed E-state index contributed by atoms with van der Waals surface area (Å²) in [6, 6.07) is 15.6. The number of anilines is 1. The van der Waals surface area contributed by atoms with E-state index in [4.69, 9.17) is 21.1 Å². The van der Waals surface area contributed by atoms with Crippen LogP contribution < -0.4 is 14.8 Å². The number of halogens is 1. The van der Waals surface area contributed by atoms with Gasteiger partial charge in [-0.15, -0.1) is 0 Å². The summed E-state index contributed by atoms with van der Waals surface area (Å²) in [5, 5.41) is 3.87. The van der Waals surface area contributed by atoms with Crippen molar-refractivity contribution in [2.45, 2.75) is 20.5 Å². The average molecular weight is 383 g/mol. The molecular weight excluding hydrogens is 360 g/mol. The molecule has 0 amide bonds. The molecule has 0 bridgehead atoms. The highest BCUT2D eigenvalue weighted by atomic mass is 35.5. The summed E-state index contributed by atoms with van der Waals surface area (Å²) in [4.78, 5) is 4.38. The Balaban J connectivity index is 1.81. The third-order valence-corrected chi connectivity index (χ3v) is 4.50. The number of ether oxygens (including phenoxy) is 2. The molecule has 0 aliphatic rings. The molecule has 0 saturated carbocycles. The fourth-order valence-corrected chi connectivity index (χ4v) is 3.08. The quantitative estimate of drug-likeness (QED) is 0.566. The molecule has 0 aliphatic carbocycles. The van der Waals surface area contributed by atoms with Crippen LogP contribution in [0.25, 0.3) is 11.3 Å². The first-order valence-corrected chi connectivity index (χ1v) is 9.28. The van der Waals surface area contributed by atoms with E-state index in [1.54, 1.807) is 12.3 Å². The van der Waals surface area contributed by atoms with E-state index in [2.05, 4.69) is 16.4 Å². The lowest BCUT2D eigenvalue weighted by molar-refractivity contribution is 0.285. The minimum absolute atomic E-state index is 0.419. The van der Waals surface area contributed by atoms with E-state index in [9.17, 15) is 0 Å². The van der Waals surface area contributed by atoms with Gasteiger partial charge >= 0.3 is 0 Å². The van der Waals surface area contributed by atoms with Crippen molar-refractivity contribution in [2.24, 2.45) is 0 Å². The van der Waals surface area contributed by atoms with Crippen LogP contribution in [0.1, 0.15) is 18.1 Å². The topological polar surface area (TPSA) is 43.4 Å². The van der Waals surface area contributed by atoms with Crippen molar-refractivity contribution in [2.75, 3.05) is 19.0 Å². The highest BCUT2D eigenvalue weighted by molar-refractivity contribution is 6.30. The maximum atomic E-state index is 6.10. The molecule has 0 saturated heterocycles. The molecule has 3 rings (SSSR count). The van der Waals surface area contributed by atoms with Crippen LogP contribution in [0.5, 0.6) is 11.5 Å². The van der Waals surface area contributed by atoms with E-state index in [1.165, 1.54) is 0 Å². The van der Waals surface area contributed by atoms with Gasteiger partial charge in [-0.2, -0.15) is 0 Å². The molecule has 1 aromatic heterocycles. The molecule has 140 valence electrons. The number of nitrogens with zero attached hydrogens (tertiary/aromatic N) is 1. The first-order valence-electron chi connectivity index (χ1n) is 8.90. The lowest BCUT2D eigenvalue weighted by Gasteiger charge is -2.16. The zero-order valence-corrected chi connectivity index (χ0v) is 16.5. The van der Waals surface area contributed by atoms with Crippen LogP contribution >= 0.6 is 11.6 Å². The molecule has 2 aromatic carbocycles. The van der Waals surface area contributed by atoms with Gasteiger partial charge in [-0.05, 0) is 61.9 Å². The average Bonchev–Trinajstić information content (AvgIpc) is 2.67. The minimum atomic E-state index is 0.419. The van der Waals surface area contributed by atoms with Gasteiger partial charge in [0.05, 0.1) is 17.9 Å².